The van der Waals surface area contributed by atoms with Gasteiger partial charge < -0.3 is 10.2 Å². The Morgan fingerprint density at radius 1 is 1.33 bits per heavy atom. The molecule has 0 atom stereocenters. The van der Waals surface area contributed by atoms with E-state index in [1.807, 2.05) is 13.0 Å². The van der Waals surface area contributed by atoms with Gasteiger partial charge >= 0.3 is 0 Å². The second-order valence-corrected chi connectivity index (χ2v) is 5.07. The molecular formula is C13H15BrN2O2. The molecule has 1 aliphatic rings. The number of carbonyl (C=O) groups is 2. The summed E-state index contributed by atoms with van der Waals surface area (Å²) < 4.78 is 0.875. The first-order valence-corrected chi connectivity index (χ1v) is 6.81. The van der Waals surface area contributed by atoms with Crippen LogP contribution in [0.1, 0.15) is 23.7 Å². The lowest BCUT2D eigenvalue weighted by Gasteiger charge is -2.16. The van der Waals surface area contributed by atoms with E-state index in [9.17, 15) is 9.59 Å². The van der Waals surface area contributed by atoms with Crippen LogP contribution in [0.25, 0.3) is 0 Å². The molecule has 0 aliphatic carbocycles. The summed E-state index contributed by atoms with van der Waals surface area (Å²) in [5.74, 6) is -0.819. The van der Waals surface area contributed by atoms with Gasteiger partial charge in [0.15, 0.2) is 0 Å². The Morgan fingerprint density at radius 2 is 2.11 bits per heavy atom. The number of fused-ring (bicyclic) bond motifs is 1. The number of halogens is 1. The van der Waals surface area contributed by atoms with Gasteiger partial charge in [0.25, 0.3) is 11.7 Å². The van der Waals surface area contributed by atoms with E-state index in [1.165, 1.54) is 0 Å². The van der Waals surface area contributed by atoms with E-state index in [2.05, 4.69) is 21.2 Å². The molecule has 0 fully saturated rings. The molecule has 1 amide bonds. The van der Waals surface area contributed by atoms with E-state index in [1.54, 1.807) is 17.0 Å². The Balaban J connectivity index is 2.14. The van der Waals surface area contributed by atoms with Gasteiger partial charge in [-0.2, -0.15) is 0 Å². The SMILES string of the molecule is CCNCCCN1C(=O)C(=O)c2ccc(Br)cc21. The number of anilines is 1. The van der Waals surface area contributed by atoms with Crippen molar-refractivity contribution in [1.29, 1.82) is 0 Å². The first kappa shape index (κ1) is 13.2. The van der Waals surface area contributed by atoms with E-state index >= 15 is 0 Å². The number of ketones is 1. The molecule has 4 nitrogen and oxygen atoms in total. The van der Waals surface area contributed by atoms with Gasteiger partial charge in [0.05, 0.1) is 11.3 Å². The average Bonchev–Trinajstić information content (AvgIpc) is 2.59. The van der Waals surface area contributed by atoms with Crippen LogP contribution in [0, 0.1) is 0 Å². The molecule has 0 unspecified atom stereocenters. The standard InChI is InChI=1S/C13H15BrN2O2/c1-2-15-6-3-7-16-11-8-9(14)4-5-10(11)12(17)13(16)18/h4-5,8,15H,2-3,6-7H2,1H3. The highest BCUT2D eigenvalue weighted by atomic mass is 79.9. The monoisotopic (exact) mass is 310 g/mol. The first-order valence-electron chi connectivity index (χ1n) is 6.01. The molecule has 1 N–H and O–H groups in total. The molecule has 0 bridgehead atoms. The summed E-state index contributed by atoms with van der Waals surface area (Å²) in [4.78, 5) is 25.2. The van der Waals surface area contributed by atoms with Crippen LogP contribution in [0.5, 0.6) is 0 Å². The van der Waals surface area contributed by atoms with E-state index in [-0.39, 0.29) is 0 Å². The Bertz CT molecular complexity index is 488. The molecule has 2 rings (SSSR count). The molecule has 18 heavy (non-hydrogen) atoms. The molecule has 1 aromatic carbocycles. The molecule has 0 aromatic heterocycles. The highest BCUT2D eigenvalue weighted by molar-refractivity contribution is 9.10. The zero-order valence-electron chi connectivity index (χ0n) is 10.2. The third-order valence-electron chi connectivity index (χ3n) is 2.92. The number of carbonyl (C=O) groups excluding carboxylic acids is 2. The van der Waals surface area contributed by atoms with Crippen LogP contribution in [0.3, 0.4) is 0 Å². The van der Waals surface area contributed by atoms with Crippen LogP contribution >= 0.6 is 15.9 Å². The van der Waals surface area contributed by atoms with Crippen molar-refractivity contribution in [2.24, 2.45) is 0 Å². The molecule has 0 saturated carbocycles. The molecule has 1 aromatic rings. The maximum atomic E-state index is 11.9. The summed E-state index contributed by atoms with van der Waals surface area (Å²) in [7, 11) is 0. The second-order valence-electron chi connectivity index (χ2n) is 4.15. The van der Waals surface area contributed by atoms with Gasteiger partial charge in [-0.3, -0.25) is 9.59 Å². The summed E-state index contributed by atoms with van der Waals surface area (Å²) >= 11 is 3.36. The summed E-state index contributed by atoms with van der Waals surface area (Å²) in [6.45, 7) is 4.37. The highest BCUT2D eigenvalue weighted by Gasteiger charge is 2.35. The first-order chi connectivity index (χ1) is 8.65. The fourth-order valence-corrected chi connectivity index (χ4v) is 2.38. The quantitative estimate of drug-likeness (QED) is 0.668. The zero-order chi connectivity index (χ0) is 13.1. The number of nitrogens with zero attached hydrogens (tertiary/aromatic N) is 1. The minimum absolute atomic E-state index is 0.402. The van der Waals surface area contributed by atoms with Crippen molar-refractivity contribution >= 4 is 33.3 Å². The lowest BCUT2D eigenvalue weighted by atomic mass is 10.1. The Morgan fingerprint density at radius 3 is 2.83 bits per heavy atom. The second kappa shape index (κ2) is 5.63. The van der Waals surface area contributed by atoms with Crippen LogP contribution < -0.4 is 10.2 Å². The summed E-state index contributed by atoms with van der Waals surface area (Å²) in [6, 6.07) is 5.31. The highest BCUT2D eigenvalue weighted by Crippen LogP contribution is 2.31. The van der Waals surface area contributed by atoms with Crippen molar-refractivity contribution < 1.29 is 9.59 Å². The van der Waals surface area contributed by atoms with Crippen molar-refractivity contribution in [3.63, 3.8) is 0 Å². The van der Waals surface area contributed by atoms with Crippen LogP contribution in [0.15, 0.2) is 22.7 Å². The topological polar surface area (TPSA) is 49.4 Å². The molecule has 1 aliphatic heterocycles. The van der Waals surface area contributed by atoms with Crippen molar-refractivity contribution in [3.05, 3.63) is 28.2 Å². The smallest absolute Gasteiger partial charge is 0.299 e. The van der Waals surface area contributed by atoms with Gasteiger partial charge in [-0.1, -0.05) is 22.9 Å². The third-order valence-corrected chi connectivity index (χ3v) is 3.41. The fourth-order valence-electron chi connectivity index (χ4n) is 2.03. The Labute approximate surface area is 114 Å². The number of hydrogen-bond acceptors (Lipinski definition) is 3. The van der Waals surface area contributed by atoms with Gasteiger partial charge in [-0.15, -0.1) is 0 Å². The maximum absolute atomic E-state index is 11.9. The van der Waals surface area contributed by atoms with Crippen molar-refractivity contribution in [1.82, 2.24) is 5.32 Å². The van der Waals surface area contributed by atoms with Crippen LogP contribution in [0.4, 0.5) is 5.69 Å². The Hall–Kier alpha value is -1.20. The molecule has 0 spiro atoms. The predicted octanol–water partition coefficient (Wildman–Crippen LogP) is 1.98. The lowest BCUT2D eigenvalue weighted by Crippen LogP contribution is -2.32. The molecule has 0 saturated heterocycles. The molecule has 5 heteroatoms. The van der Waals surface area contributed by atoms with Gasteiger partial charge in [-0.25, -0.2) is 0 Å². The van der Waals surface area contributed by atoms with Crippen LogP contribution in [-0.2, 0) is 4.79 Å². The normalized spacial score (nSPS) is 14.2. The fraction of sp³-hybridized carbons (Fsp3) is 0.385. The number of hydrogen-bond donors (Lipinski definition) is 1. The molecule has 0 radical (unpaired) electrons. The van der Waals surface area contributed by atoms with Crippen molar-refractivity contribution in [2.75, 3.05) is 24.5 Å². The van der Waals surface area contributed by atoms with Crippen LogP contribution in [-0.4, -0.2) is 31.3 Å². The van der Waals surface area contributed by atoms with Gasteiger partial charge in [0.2, 0.25) is 0 Å². The van der Waals surface area contributed by atoms with Crippen LogP contribution in [0.2, 0.25) is 0 Å². The zero-order valence-corrected chi connectivity index (χ0v) is 11.8. The van der Waals surface area contributed by atoms with Crippen molar-refractivity contribution in [2.45, 2.75) is 13.3 Å². The molecular weight excluding hydrogens is 296 g/mol. The van der Waals surface area contributed by atoms with Crippen molar-refractivity contribution in [3.8, 4) is 0 Å². The maximum Gasteiger partial charge on any atom is 0.299 e. The number of amides is 1. The van der Waals surface area contributed by atoms with E-state index in [4.69, 9.17) is 0 Å². The van der Waals surface area contributed by atoms with Gasteiger partial charge in [0, 0.05) is 11.0 Å². The predicted molar refractivity (Wildman–Crippen MR) is 74.0 cm³/mol. The number of rotatable bonds is 5. The summed E-state index contributed by atoms with van der Waals surface area (Å²) in [6.07, 6.45) is 0.832. The minimum atomic E-state index is -0.417. The van der Waals surface area contributed by atoms with E-state index in [0.29, 0.717) is 12.1 Å². The van der Waals surface area contributed by atoms with Gasteiger partial charge in [-0.05, 0) is 37.7 Å². The Kier molecular flexibility index (Phi) is 4.14. The largest absolute Gasteiger partial charge is 0.317 e. The molecule has 1 heterocycles. The number of benzene rings is 1. The molecule has 96 valence electrons. The third kappa shape index (κ3) is 2.47. The summed E-state index contributed by atoms with van der Waals surface area (Å²) in [5.41, 5.74) is 1.22. The lowest BCUT2D eigenvalue weighted by molar-refractivity contribution is -0.114. The van der Waals surface area contributed by atoms with Gasteiger partial charge in [0.1, 0.15) is 0 Å². The number of Topliss-reactive ketones (excluding diaryl/α,β-unsaturated/α-hetero) is 1. The van der Waals surface area contributed by atoms with E-state index in [0.717, 1.165) is 29.7 Å². The minimum Gasteiger partial charge on any atom is -0.317 e. The van der Waals surface area contributed by atoms with E-state index < -0.39 is 11.7 Å². The number of nitrogens with one attached hydrogen (secondary N) is 1. The average molecular weight is 311 g/mol. The summed E-state index contributed by atoms with van der Waals surface area (Å²) in [5, 5.41) is 3.20.